The highest BCUT2D eigenvalue weighted by Gasteiger charge is 2.44. The van der Waals surface area contributed by atoms with Crippen LogP contribution in [-0.2, 0) is 0 Å². The summed E-state index contributed by atoms with van der Waals surface area (Å²) < 4.78 is 24.1. The van der Waals surface area contributed by atoms with Crippen molar-refractivity contribution >= 4 is 5.91 Å². The minimum atomic E-state index is -2.24. The molecule has 0 heterocycles. The Hall–Kier alpha value is -2.13. The number of carbonyl (C=O) groups is 1. The van der Waals surface area contributed by atoms with Gasteiger partial charge in [-0.1, -0.05) is 61.4 Å². The molecule has 0 unspecified atom stereocenters. The van der Waals surface area contributed by atoms with Crippen molar-refractivity contribution in [2.24, 2.45) is 0 Å². The van der Waals surface area contributed by atoms with Crippen LogP contribution in [0.2, 0.25) is 0 Å². The Morgan fingerprint density at radius 1 is 1.08 bits per heavy atom. The molecule has 1 saturated carbocycles. The van der Waals surface area contributed by atoms with E-state index in [1.54, 1.807) is 7.05 Å². The third kappa shape index (κ3) is 3.41. The Labute approximate surface area is 161 Å². The maximum Gasteiger partial charge on any atom is 0.252 e. The highest BCUT2D eigenvalue weighted by atomic mass is 16.1. The summed E-state index contributed by atoms with van der Waals surface area (Å²) in [5.74, 6) is -0.153. The number of carbonyl (C=O) groups excluding carboxylic acids is 1. The topological polar surface area (TPSA) is 32.3 Å². The van der Waals surface area contributed by atoms with Crippen LogP contribution in [0.4, 0.5) is 0 Å². The van der Waals surface area contributed by atoms with Gasteiger partial charge in [-0.2, -0.15) is 0 Å². The Bertz CT molecular complexity index is 838. The number of rotatable bonds is 5. The number of nitrogens with zero attached hydrogens (tertiary/aromatic N) is 1. The van der Waals surface area contributed by atoms with Gasteiger partial charge in [0.25, 0.3) is 5.91 Å². The molecule has 1 N–H and O–H groups in total. The minimum absolute atomic E-state index is 0.153. The highest BCUT2D eigenvalue weighted by Crippen LogP contribution is 2.43. The number of benzene rings is 2. The third-order valence-electron chi connectivity index (χ3n) is 5.79. The van der Waals surface area contributed by atoms with Crippen molar-refractivity contribution in [1.29, 1.82) is 0 Å². The van der Waals surface area contributed by atoms with E-state index in [1.165, 1.54) is 4.90 Å². The molecular formula is C23H30N2O. The summed E-state index contributed by atoms with van der Waals surface area (Å²) >= 11 is 0. The van der Waals surface area contributed by atoms with Gasteiger partial charge in [0.1, 0.15) is 0 Å². The van der Waals surface area contributed by atoms with Crippen LogP contribution in [0, 0.1) is 13.8 Å². The molecule has 3 rings (SSSR count). The smallest absolute Gasteiger partial charge is 0.252 e. The van der Waals surface area contributed by atoms with E-state index >= 15 is 0 Å². The third-order valence-corrected chi connectivity index (χ3v) is 5.79. The van der Waals surface area contributed by atoms with Gasteiger partial charge in [0.15, 0.2) is 0 Å². The molecule has 3 heteroatoms. The van der Waals surface area contributed by atoms with Crippen LogP contribution in [0.5, 0.6) is 0 Å². The molecule has 1 amide bonds. The van der Waals surface area contributed by atoms with E-state index in [0.29, 0.717) is 5.56 Å². The molecule has 0 aromatic heterocycles. The van der Waals surface area contributed by atoms with E-state index in [0.717, 1.165) is 42.4 Å². The number of likely N-dealkylation sites (N-methyl/N-ethyl adjacent to an activating group) is 1. The standard InChI is InChI=1S/C23H30N2O/c1-17-11-10-12-18(2)20(17)22(26)24-21(19-13-6-5-7-14-19)23(25(3)4)15-8-9-16-23/h5-7,10-14,21H,8-9,15-16H2,1-4H3,(H,24,26)/t21-/m0/s1/i3T3. The van der Waals surface area contributed by atoms with Crippen LogP contribution in [0.1, 0.15) is 62.9 Å². The van der Waals surface area contributed by atoms with Gasteiger partial charge < -0.3 is 10.2 Å². The summed E-state index contributed by atoms with van der Waals surface area (Å²) in [6.45, 7) is 1.62. The number of aryl methyl sites for hydroxylation is 2. The zero-order valence-corrected chi connectivity index (χ0v) is 15.9. The van der Waals surface area contributed by atoms with Crippen molar-refractivity contribution in [3.05, 3.63) is 70.8 Å². The molecular weight excluding hydrogens is 320 g/mol. The van der Waals surface area contributed by atoms with Crippen molar-refractivity contribution in [1.82, 2.24) is 10.2 Å². The van der Waals surface area contributed by atoms with Crippen molar-refractivity contribution in [3.63, 3.8) is 0 Å². The molecule has 0 aliphatic heterocycles. The van der Waals surface area contributed by atoms with Gasteiger partial charge >= 0.3 is 0 Å². The maximum absolute atomic E-state index is 13.4. The summed E-state index contributed by atoms with van der Waals surface area (Å²) in [7, 11) is 1.67. The molecule has 1 aliphatic carbocycles. The second-order valence-corrected chi connectivity index (χ2v) is 7.45. The first kappa shape index (κ1) is 15.0. The van der Waals surface area contributed by atoms with Gasteiger partial charge in [-0.3, -0.25) is 4.79 Å². The average molecular weight is 357 g/mol. The Morgan fingerprint density at radius 2 is 1.69 bits per heavy atom. The summed E-state index contributed by atoms with van der Waals surface area (Å²) in [6.07, 6.45) is 3.36. The van der Waals surface area contributed by atoms with Crippen LogP contribution in [0.3, 0.4) is 0 Å². The van der Waals surface area contributed by atoms with Crippen LogP contribution < -0.4 is 5.32 Å². The van der Waals surface area contributed by atoms with E-state index in [2.05, 4.69) is 5.32 Å². The molecule has 0 saturated heterocycles. The van der Waals surface area contributed by atoms with Crippen LogP contribution in [0.25, 0.3) is 0 Å². The molecule has 0 bridgehead atoms. The first-order valence-corrected chi connectivity index (χ1v) is 9.33. The lowest BCUT2D eigenvalue weighted by Crippen LogP contribution is -2.53. The zero-order chi connectivity index (χ0) is 21.2. The van der Waals surface area contributed by atoms with E-state index in [9.17, 15) is 4.79 Å². The molecule has 2 aromatic carbocycles. The molecule has 0 spiro atoms. The maximum atomic E-state index is 13.4. The van der Waals surface area contributed by atoms with Gasteiger partial charge in [0.2, 0.25) is 0 Å². The van der Waals surface area contributed by atoms with E-state index in [1.807, 2.05) is 62.4 Å². The number of nitrogens with one attached hydrogen (secondary N) is 1. The van der Waals surface area contributed by atoms with Gasteiger partial charge in [0, 0.05) is 15.2 Å². The van der Waals surface area contributed by atoms with Crippen LogP contribution in [0.15, 0.2) is 48.5 Å². The van der Waals surface area contributed by atoms with E-state index in [4.69, 9.17) is 4.11 Å². The lowest BCUT2D eigenvalue weighted by Gasteiger charge is -2.44. The Kier molecular flexibility index (Phi) is 4.39. The second kappa shape index (κ2) is 7.63. The van der Waals surface area contributed by atoms with Gasteiger partial charge in [0.05, 0.1) is 6.04 Å². The predicted molar refractivity (Wildman–Crippen MR) is 107 cm³/mol. The van der Waals surface area contributed by atoms with Crippen molar-refractivity contribution in [2.75, 3.05) is 14.0 Å². The highest BCUT2D eigenvalue weighted by molar-refractivity contribution is 5.97. The lowest BCUT2D eigenvalue weighted by molar-refractivity contribution is 0.0765. The Morgan fingerprint density at radius 3 is 2.27 bits per heavy atom. The summed E-state index contributed by atoms with van der Waals surface area (Å²) in [5, 5.41) is 3.24. The molecule has 1 fully saturated rings. The molecule has 26 heavy (non-hydrogen) atoms. The summed E-state index contributed by atoms with van der Waals surface area (Å²) in [5.41, 5.74) is 2.78. The fraction of sp³-hybridized carbons (Fsp3) is 0.435. The van der Waals surface area contributed by atoms with E-state index in [-0.39, 0.29) is 5.91 Å². The summed E-state index contributed by atoms with van der Waals surface area (Å²) in [6, 6.07) is 15.1. The van der Waals surface area contributed by atoms with Gasteiger partial charge in [-0.05, 0) is 57.4 Å². The first-order chi connectivity index (χ1) is 13.7. The Balaban J connectivity index is 2.07. The second-order valence-electron chi connectivity index (χ2n) is 7.45. The minimum Gasteiger partial charge on any atom is -0.343 e. The molecule has 3 nitrogen and oxygen atoms in total. The normalized spacial score (nSPS) is 19.5. The van der Waals surface area contributed by atoms with E-state index < -0.39 is 18.6 Å². The number of hydrogen-bond donors (Lipinski definition) is 1. The zero-order valence-electron chi connectivity index (χ0n) is 18.9. The van der Waals surface area contributed by atoms with Crippen LogP contribution in [-0.4, -0.2) is 30.4 Å². The fourth-order valence-corrected chi connectivity index (χ4v) is 4.35. The van der Waals surface area contributed by atoms with Crippen molar-refractivity contribution in [2.45, 2.75) is 51.1 Å². The molecule has 0 radical (unpaired) electrons. The molecule has 2 aromatic rings. The summed E-state index contributed by atoms with van der Waals surface area (Å²) in [4.78, 5) is 14.9. The largest absolute Gasteiger partial charge is 0.343 e. The van der Waals surface area contributed by atoms with Gasteiger partial charge in [-0.15, -0.1) is 0 Å². The van der Waals surface area contributed by atoms with Gasteiger partial charge in [-0.25, -0.2) is 0 Å². The van der Waals surface area contributed by atoms with Crippen LogP contribution >= 0.6 is 0 Å². The quantitative estimate of drug-likeness (QED) is 0.846. The molecule has 138 valence electrons. The fourth-order valence-electron chi connectivity index (χ4n) is 4.35. The number of amides is 1. The number of hydrogen-bond acceptors (Lipinski definition) is 2. The average Bonchev–Trinajstić information content (AvgIpc) is 3.16. The first-order valence-electron chi connectivity index (χ1n) is 10.8. The predicted octanol–water partition coefficient (Wildman–Crippen LogP) is 4.65. The van der Waals surface area contributed by atoms with Crippen molar-refractivity contribution < 1.29 is 8.91 Å². The lowest BCUT2D eigenvalue weighted by atomic mass is 9.82. The SMILES string of the molecule is [3H]C([3H])([3H])N(C)C1([C@@H](NC(=O)c2c(C)cccc2C)c2ccccc2)CCCC1. The van der Waals surface area contributed by atoms with Crippen molar-refractivity contribution in [3.8, 4) is 0 Å². The molecule has 1 aliphatic rings. The monoisotopic (exact) mass is 356 g/mol. The molecule has 1 atom stereocenters.